The van der Waals surface area contributed by atoms with Crippen LogP contribution in [0, 0.1) is 6.92 Å². The molecule has 3 rings (SSSR count). The Kier molecular flexibility index (Phi) is 5.97. The second kappa shape index (κ2) is 8.26. The number of rotatable bonds is 6. The van der Waals surface area contributed by atoms with Gasteiger partial charge in [0.1, 0.15) is 11.6 Å². The average Bonchev–Trinajstić information content (AvgIpc) is 3.09. The van der Waals surface area contributed by atoms with Crippen LogP contribution < -0.4 is 9.62 Å². The summed E-state index contributed by atoms with van der Waals surface area (Å²) in [6.07, 6.45) is 1.06. The number of aryl methyl sites for hydroxylation is 1. The van der Waals surface area contributed by atoms with Crippen molar-refractivity contribution in [3.05, 3.63) is 59.1 Å². The number of benzene rings is 2. The molecule has 0 atom stereocenters. The number of anilines is 2. The van der Waals surface area contributed by atoms with Gasteiger partial charge in [-0.1, -0.05) is 52.8 Å². The van der Waals surface area contributed by atoms with Crippen molar-refractivity contribution in [3.63, 3.8) is 0 Å². The number of nitrogens with one attached hydrogen (secondary N) is 1. The van der Waals surface area contributed by atoms with Crippen LogP contribution in [0.25, 0.3) is 10.6 Å². The van der Waals surface area contributed by atoms with Gasteiger partial charge in [-0.2, -0.15) is 0 Å². The molecule has 0 fully saturated rings. The van der Waals surface area contributed by atoms with Crippen molar-refractivity contribution >= 4 is 49.7 Å². The zero-order valence-electron chi connectivity index (χ0n) is 15.1. The lowest BCUT2D eigenvalue weighted by Gasteiger charge is -2.21. The highest BCUT2D eigenvalue weighted by Gasteiger charge is 2.21. The summed E-state index contributed by atoms with van der Waals surface area (Å²) in [5.41, 5.74) is 2.23. The van der Waals surface area contributed by atoms with Crippen LogP contribution in [-0.4, -0.2) is 37.3 Å². The Balaban J connectivity index is 1.73. The lowest BCUT2D eigenvalue weighted by atomic mass is 10.2. The molecule has 0 spiro atoms. The maximum Gasteiger partial charge on any atom is 0.246 e. The molecule has 0 saturated carbocycles. The van der Waals surface area contributed by atoms with Crippen molar-refractivity contribution in [2.75, 3.05) is 22.4 Å². The van der Waals surface area contributed by atoms with E-state index in [4.69, 9.17) is 11.6 Å². The Hall–Kier alpha value is -2.49. The molecular weight excluding hydrogens is 420 g/mol. The van der Waals surface area contributed by atoms with Crippen LogP contribution in [0.15, 0.2) is 48.5 Å². The fourth-order valence-corrected chi connectivity index (χ4v) is 4.13. The van der Waals surface area contributed by atoms with Gasteiger partial charge in [0.05, 0.1) is 11.9 Å². The molecule has 0 aliphatic rings. The summed E-state index contributed by atoms with van der Waals surface area (Å²) in [5.74, 6) is -0.509. The minimum atomic E-state index is -3.63. The fourth-order valence-electron chi connectivity index (χ4n) is 2.38. The van der Waals surface area contributed by atoms with Crippen LogP contribution in [0.1, 0.15) is 5.56 Å². The number of nitrogens with zero attached hydrogens (tertiary/aromatic N) is 3. The Bertz CT molecular complexity index is 1080. The first-order valence-electron chi connectivity index (χ1n) is 8.16. The van der Waals surface area contributed by atoms with Gasteiger partial charge in [0, 0.05) is 10.6 Å². The molecule has 28 heavy (non-hydrogen) atoms. The van der Waals surface area contributed by atoms with E-state index in [0.717, 1.165) is 21.7 Å². The van der Waals surface area contributed by atoms with Crippen molar-refractivity contribution in [1.82, 2.24) is 10.2 Å². The zero-order chi connectivity index (χ0) is 20.3. The van der Waals surface area contributed by atoms with E-state index in [9.17, 15) is 13.2 Å². The van der Waals surface area contributed by atoms with Gasteiger partial charge in [-0.25, -0.2) is 8.42 Å². The SMILES string of the molecule is Cc1ccc(N(CC(=O)Nc2nnc(-c3ccc(Cl)cc3)s2)S(C)(=O)=O)cc1. The Morgan fingerprint density at radius 1 is 1.11 bits per heavy atom. The quantitative estimate of drug-likeness (QED) is 0.637. The molecule has 146 valence electrons. The fraction of sp³-hybridized carbons (Fsp3) is 0.167. The number of hydrogen-bond acceptors (Lipinski definition) is 6. The first kappa shape index (κ1) is 20.2. The largest absolute Gasteiger partial charge is 0.299 e. The smallest absolute Gasteiger partial charge is 0.246 e. The third-order valence-electron chi connectivity index (χ3n) is 3.77. The molecule has 0 aliphatic heterocycles. The van der Waals surface area contributed by atoms with Crippen LogP contribution in [0.5, 0.6) is 0 Å². The first-order valence-corrected chi connectivity index (χ1v) is 11.2. The molecular formula is C18H17ClN4O3S2. The van der Waals surface area contributed by atoms with Crippen molar-refractivity contribution in [2.45, 2.75) is 6.92 Å². The van der Waals surface area contributed by atoms with Crippen molar-refractivity contribution in [3.8, 4) is 10.6 Å². The molecule has 10 heteroatoms. The van der Waals surface area contributed by atoms with Gasteiger partial charge in [0.2, 0.25) is 21.1 Å². The third-order valence-corrected chi connectivity index (χ3v) is 6.05. The predicted molar refractivity (Wildman–Crippen MR) is 112 cm³/mol. The number of hydrogen-bond donors (Lipinski definition) is 1. The number of carbonyl (C=O) groups is 1. The molecule has 3 aromatic rings. The summed E-state index contributed by atoms with van der Waals surface area (Å²) in [4.78, 5) is 12.4. The topological polar surface area (TPSA) is 92.3 Å². The molecule has 0 saturated heterocycles. The van der Waals surface area contributed by atoms with E-state index in [-0.39, 0.29) is 11.7 Å². The molecule has 0 bridgehead atoms. The Morgan fingerprint density at radius 3 is 2.36 bits per heavy atom. The van der Waals surface area contributed by atoms with Crippen molar-refractivity contribution in [1.29, 1.82) is 0 Å². The average molecular weight is 437 g/mol. The van der Waals surface area contributed by atoms with E-state index in [1.807, 2.05) is 6.92 Å². The van der Waals surface area contributed by atoms with Crippen LogP contribution in [0.2, 0.25) is 5.02 Å². The highest BCUT2D eigenvalue weighted by molar-refractivity contribution is 7.92. The Labute approximate surface area is 172 Å². The first-order chi connectivity index (χ1) is 13.2. The molecule has 1 aromatic heterocycles. The number of halogens is 1. The van der Waals surface area contributed by atoms with E-state index in [2.05, 4.69) is 15.5 Å². The van der Waals surface area contributed by atoms with Crippen molar-refractivity contribution in [2.24, 2.45) is 0 Å². The minimum absolute atomic E-state index is 0.285. The van der Waals surface area contributed by atoms with Crippen LogP contribution in [0.3, 0.4) is 0 Å². The highest BCUT2D eigenvalue weighted by Crippen LogP contribution is 2.27. The summed E-state index contributed by atoms with van der Waals surface area (Å²) in [7, 11) is -3.63. The lowest BCUT2D eigenvalue weighted by Crippen LogP contribution is -2.37. The molecule has 0 radical (unpaired) electrons. The van der Waals surface area contributed by atoms with Gasteiger partial charge in [-0.15, -0.1) is 10.2 Å². The van der Waals surface area contributed by atoms with E-state index in [1.54, 1.807) is 48.5 Å². The lowest BCUT2D eigenvalue weighted by molar-refractivity contribution is -0.114. The minimum Gasteiger partial charge on any atom is -0.299 e. The van der Waals surface area contributed by atoms with E-state index in [0.29, 0.717) is 15.7 Å². The molecule has 1 amide bonds. The van der Waals surface area contributed by atoms with Gasteiger partial charge in [-0.3, -0.25) is 14.4 Å². The van der Waals surface area contributed by atoms with Gasteiger partial charge in [0.15, 0.2) is 0 Å². The van der Waals surface area contributed by atoms with Crippen LogP contribution >= 0.6 is 22.9 Å². The van der Waals surface area contributed by atoms with E-state index >= 15 is 0 Å². The standard InChI is InChI=1S/C18H17ClN4O3S2/c1-12-3-9-15(10-4-12)23(28(2,25)26)11-16(24)20-18-22-21-17(27-18)13-5-7-14(19)8-6-13/h3-10H,11H2,1-2H3,(H,20,22,24). The molecule has 0 unspecified atom stereocenters. The molecule has 2 aromatic carbocycles. The van der Waals surface area contributed by atoms with E-state index < -0.39 is 15.9 Å². The summed E-state index contributed by atoms with van der Waals surface area (Å²) in [6, 6.07) is 14.0. The molecule has 1 N–H and O–H groups in total. The van der Waals surface area contributed by atoms with Gasteiger partial charge in [0.25, 0.3) is 0 Å². The normalized spacial score (nSPS) is 11.2. The number of amides is 1. The molecule has 0 aliphatic carbocycles. The zero-order valence-corrected chi connectivity index (χ0v) is 17.5. The monoisotopic (exact) mass is 436 g/mol. The van der Waals surface area contributed by atoms with Gasteiger partial charge >= 0.3 is 0 Å². The summed E-state index contributed by atoms with van der Waals surface area (Å²) < 4.78 is 25.3. The number of sulfonamides is 1. The molecule has 1 heterocycles. The van der Waals surface area contributed by atoms with E-state index in [1.165, 1.54) is 11.3 Å². The Morgan fingerprint density at radius 2 is 1.75 bits per heavy atom. The third kappa shape index (κ3) is 5.06. The highest BCUT2D eigenvalue weighted by atomic mass is 35.5. The maximum absolute atomic E-state index is 12.4. The second-order valence-electron chi connectivity index (χ2n) is 6.07. The van der Waals surface area contributed by atoms with Gasteiger partial charge < -0.3 is 0 Å². The van der Waals surface area contributed by atoms with Gasteiger partial charge in [-0.05, 0) is 31.2 Å². The molecule has 7 nitrogen and oxygen atoms in total. The van der Waals surface area contributed by atoms with Crippen molar-refractivity contribution < 1.29 is 13.2 Å². The number of aromatic nitrogens is 2. The van der Waals surface area contributed by atoms with Crippen LogP contribution in [0.4, 0.5) is 10.8 Å². The predicted octanol–water partition coefficient (Wildman–Crippen LogP) is 3.57. The number of carbonyl (C=O) groups excluding carboxylic acids is 1. The van der Waals surface area contributed by atoms with Crippen LogP contribution in [-0.2, 0) is 14.8 Å². The summed E-state index contributed by atoms with van der Waals surface area (Å²) in [5, 5.41) is 12.1. The maximum atomic E-state index is 12.4. The summed E-state index contributed by atoms with van der Waals surface area (Å²) in [6.45, 7) is 1.53. The summed E-state index contributed by atoms with van der Waals surface area (Å²) >= 11 is 7.06. The second-order valence-corrected chi connectivity index (χ2v) is 9.39.